The minimum absolute atomic E-state index is 0.0881. The molecule has 0 spiro atoms. The van der Waals surface area contributed by atoms with Crippen LogP contribution < -0.4 is 11.1 Å². The number of anilines is 1. The highest BCUT2D eigenvalue weighted by Crippen LogP contribution is 2.28. The largest absolute Gasteiger partial charge is 0.398 e. The molecular weight excluding hydrogens is 228 g/mol. The Hall–Kier alpha value is -1.55. The van der Waals surface area contributed by atoms with E-state index in [-0.39, 0.29) is 5.91 Å². The van der Waals surface area contributed by atoms with Crippen LogP contribution in [0.2, 0.25) is 0 Å². The maximum absolute atomic E-state index is 11.9. The summed E-state index contributed by atoms with van der Waals surface area (Å²) in [7, 11) is 0. The van der Waals surface area contributed by atoms with Crippen LogP contribution in [0.4, 0.5) is 5.69 Å². The fraction of sp³-hybridized carbons (Fsp3) is 0.500. The molecule has 18 heavy (non-hydrogen) atoms. The highest BCUT2D eigenvalue weighted by molar-refractivity contribution is 5.96. The van der Waals surface area contributed by atoms with Crippen molar-refractivity contribution in [3.63, 3.8) is 0 Å². The summed E-state index contributed by atoms with van der Waals surface area (Å²) in [5.74, 6) is 0.673. The van der Waals surface area contributed by atoms with Crippen LogP contribution in [0.5, 0.6) is 0 Å². The molecule has 1 amide bonds. The summed E-state index contributed by atoms with van der Waals surface area (Å²) in [6.07, 6.45) is 2.57. The second-order valence-corrected chi connectivity index (χ2v) is 4.79. The van der Waals surface area contributed by atoms with Crippen molar-refractivity contribution < 1.29 is 9.53 Å². The first-order valence-corrected chi connectivity index (χ1v) is 6.39. The first-order valence-electron chi connectivity index (χ1n) is 6.39. The van der Waals surface area contributed by atoms with Gasteiger partial charge < -0.3 is 15.8 Å². The van der Waals surface area contributed by atoms with Crippen molar-refractivity contribution in [1.29, 1.82) is 0 Å². The first kappa shape index (κ1) is 12.9. The molecule has 1 saturated carbocycles. The molecule has 1 aliphatic carbocycles. The van der Waals surface area contributed by atoms with Gasteiger partial charge in [0.05, 0.1) is 6.61 Å². The van der Waals surface area contributed by atoms with Crippen LogP contribution in [-0.2, 0) is 4.74 Å². The molecule has 1 aromatic rings. The maximum atomic E-state index is 11.9. The van der Waals surface area contributed by atoms with E-state index in [0.29, 0.717) is 24.4 Å². The van der Waals surface area contributed by atoms with Crippen molar-refractivity contribution in [2.45, 2.75) is 19.8 Å². The number of carbonyl (C=O) groups is 1. The van der Waals surface area contributed by atoms with Gasteiger partial charge in [-0.15, -0.1) is 0 Å². The van der Waals surface area contributed by atoms with Crippen molar-refractivity contribution in [3.05, 3.63) is 29.3 Å². The van der Waals surface area contributed by atoms with Crippen LogP contribution in [0, 0.1) is 12.8 Å². The van der Waals surface area contributed by atoms with E-state index >= 15 is 0 Å². The lowest BCUT2D eigenvalue weighted by Crippen LogP contribution is -2.28. The third kappa shape index (κ3) is 3.47. The number of hydrogen-bond acceptors (Lipinski definition) is 3. The van der Waals surface area contributed by atoms with Crippen LogP contribution in [0.3, 0.4) is 0 Å². The average Bonchev–Trinajstić information content (AvgIpc) is 3.16. The zero-order valence-electron chi connectivity index (χ0n) is 10.7. The smallest absolute Gasteiger partial charge is 0.251 e. The molecule has 1 aliphatic rings. The standard InChI is InChI=1S/C14H20N2O2/c1-10-12(3-2-4-13(10)15)14(17)16-7-8-18-9-11-5-6-11/h2-4,11H,5-9,15H2,1H3,(H,16,17). The molecule has 2 rings (SSSR count). The second kappa shape index (κ2) is 5.87. The van der Waals surface area contributed by atoms with E-state index in [1.165, 1.54) is 12.8 Å². The molecule has 0 bridgehead atoms. The van der Waals surface area contributed by atoms with E-state index < -0.39 is 0 Å². The molecule has 1 aromatic carbocycles. The predicted octanol–water partition coefficient (Wildman–Crippen LogP) is 1.73. The first-order chi connectivity index (χ1) is 8.68. The molecule has 0 saturated heterocycles. The summed E-state index contributed by atoms with van der Waals surface area (Å²) in [4.78, 5) is 11.9. The minimum atomic E-state index is -0.0881. The lowest BCUT2D eigenvalue weighted by atomic mass is 10.1. The summed E-state index contributed by atoms with van der Waals surface area (Å²) >= 11 is 0. The van der Waals surface area contributed by atoms with E-state index in [0.717, 1.165) is 18.1 Å². The van der Waals surface area contributed by atoms with E-state index in [1.807, 2.05) is 6.92 Å². The molecule has 0 radical (unpaired) electrons. The second-order valence-electron chi connectivity index (χ2n) is 4.79. The Balaban J connectivity index is 1.74. The molecule has 0 atom stereocenters. The lowest BCUT2D eigenvalue weighted by molar-refractivity contribution is 0.0906. The average molecular weight is 248 g/mol. The minimum Gasteiger partial charge on any atom is -0.398 e. The lowest BCUT2D eigenvalue weighted by Gasteiger charge is -2.09. The number of nitrogen functional groups attached to an aromatic ring is 1. The molecule has 3 N–H and O–H groups in total. The summed E-state index contributed by atoms with van der Waals surface area (Å²) in [5, 5.41) is 2.84. The van der Waals surface area contributed by atoms with Crippen molar-refractivity contribution in [3.8, 4) is 0 Å². The van der Waals surface area contributed by atoms with Crippen LogP contribution in [0.15, 0.2) is 18.2 Å². The molecular formula is C14H20N2O2. The van der Waals surface area contributed by atoms with Gasteiger partial charge in [0.15, 0.2) is 0 Å². The number of benzene rings is 1. The third-order valence-electron chi connectivity index (χ3n) is 3.20. The van der Waals surface area contributed by atoms with Gasteiger partial charge in [-0.3, -0.25) is 4.79 Å². The number of nitrogens with one attached hydrogen (secondary N) is 1. The van der Waals surface area contributed by atoms with Crippen molar-refractivity contribution in [1.82, 2.24) is 5.32 Å². The topological polar surface area (TPSA) is 64.4 Å². The molecule has 0 aliphatic heterocycles. The number of hydrogen-bond donors (Lipinski definition) is 2. The summed E-state index contributed by atoms with van der Waals surface area (Å²) in [6, 6.07) is 5.37. The Bertz CT molecular complexity index is 428. The maximum Gasteiger partial charge on any atom is 0.251 e. The SMILES string of the molecule is Cc1c(N)cccc1C(=O)NCCOCC1CC1. The normalized spacial score (nSPS) is 14.5. The Labute approximate surface area is 108 Å². The molecule has 4 nitrogen and oxygen atoms in total. The molecule has 0 heterocycles. The summed E-state index contributed by atoms with van der Waals surface area (Å²) in [5.41, 5.74) is 7.88. The van der Waals surface area contributed by atoms with Crippen LogP contribution in [-0.4, -0.2) is 25.7 Å². The summed E-state index contributed by atoms with van der Waals surface area (Å²) in [6.45, 7) is 3.80. The monoisotopic (exact) mass is 248 g/mol. The Morgan fingerprint density at radius 3 is 3.00 bits per heavy atom. The van der Waals surface area contributed by atoms with E-state index in [1.54, 1.807) is 18.2 Å². The van der Waals surface area contributed by atoms with Gasteiger partial charge in [-0.25, -0.2) is 0 Å². The quantitative estimate of drug-likeness (QED) is 0.595. The van der Waals surface area contributed by atoms with Gasteiger partial charge in [0.25, 0.3) is 5.91 Å². The molecule has 98 valence electrons. The van der Waals surface area contributed by atoms with Crippen LogP contribution >= 0.6 is 0 Å². The fourth-order valence-electron chi connectivity index (χ4n) is 1.77. The van der Waals surface area contributed by atoms with Gasteiger partial charge >= 0.3 is 0 Å². The predicted molar refractivity (Wildman–Crippen MR) is 71.5 cm³/mol. The fourth-order valence-corrected chi connectivity index (χ4v) is 1.77. The van der Waals surface area contributed by atoms with Crippen molar-refractivity contribution in [2.24, 2.45) is 5.92 Å². The van der Waals surface area contributed by atoms with Crippen LogP contribution in [0.1, 0.15) is 28.8 Å². The molecule has 4 heteroatoms. The number of amides is 1. The Morgan fingerprint density at radius 1 is 1.50 bits per heavy atom. The van der Waals surface area contributed by atoms with Crippen molar-refractivity contribution in [2.75, 3.05) is 25.5 Å². The number of rotatable bonds is 6. The van der Waals surface area contributed by atoms with Gasteiger partial charge in [0.2, 0.25) is 0 Å². The zero-order valence-corrected chi connectivity index (χ0v) is 10.7. The number of ether oxygens (including phenoxy) is 1. The van der Waals surface area contributed by atoms with E-state index in [2.05, 4.69) is 5.32 Å². The van der Waals surface area contributed by atoms with Crippen LogP contribution in [0.25, 0.3) is 0 Å². The molecule has 1 fully saturated rings. The van der Waals surface area contributed by atoms with E-state index in [4.69, 9.17) is 10.5 Å². The number of nitrogens with two attached hydrogens (primary N) is 1. The van der Waals surface area contributed by atoms with Gasteiger partial charge in [-0.2, -0.15) is 0 Å². The van der Waals surface area contributed by atoms with Crippen molar-refractivity contribution >= 4 is 11.6 Å². The van der Waals surface area contributed by atoms with Gasteiger partial charge in [-0.1, -0.05) is 6.07 Å². The van der Waals surface area contributed by atoms with Gasteiger partial charge in [0.1, 0.15) is 0 Å². The highest BCUT2D eigenvalue weighted by atomic mass is 16.5. The number of carbonyl (C=O) groups excluding carboxylic acids is 1. The van der Waals surface area contributed by atoms with Gasteiger partial charge in [-0.05, 0) is 43.4 Å². The third-order valence-corrected chi connectivity index (χ3v) is 3.20. The summed E-state index contributed by atoms with van der Waals surface area (Å²) < 4.78 is 5.46. The zero-order chi connectivity index (χ0) is 13.0. The molecule has 0 unspecified atom stereocenters. The van der Waals surface area contributed by atoms with Gasteiger partial charge in [0, 0.05) is 24.4 Å². The molecule has 0 aromatic heterocycles. The highest BCUT2D eigenvalue weighted by Gasteiger charge is 2.20. The Morgan fingerprint density at radius 2 is 2.28 bits per heavy atom. The Kier molecular flexibility index (Phi) is 4.20. The van der Waals surface area contributed by atoms with E-state index in [9.17, 15) is 4.79 Å².